The van der Waals surface area contributed by atoms with Gasteiger partial charge in [-0.3, -0.25) is 10.0 Å². The molecule has 1 aromatic carbocycles. The summed E-state index contributed by atoms with van der Waals surface area (Å²) in [5.41, 5.74) is 3.14. The molecule has 0 aliphatic carbocycles. The Morgan fingerprint density at radius 2 is 1.95 bits per heavy atom. The molecule has 1 atom stereocenters. The Hall–Kier alpha value is -1.10. The van der Waals surface area contributed by atoms with E-state index in [1.807, 2.05) is 13.0 Å². The second-order valence-electron chi connectivity index (χ2n) is 5.36. The van der Waals surface area contributed by atoms with E-state index >= 15 is 0 Å². The van der Waals surface area contributed by atoms with Crippen LogP contribution in [0.25, 0.3) is 0 Å². The maximum Gasteiger partial charge on any atom is 0.247 e. The summed E-state index contributed by atoms with van der Waals surface area (Å²) in [6.07, 6.45) is 2.27. The molecule has 1 aliphatic rings. The fraction of sp³-hybridized carbons (Fsp3) is 0.533. The van der Waals surface area contributed by atoms with Crippen LogP contribution in [0.15, 0.2) is 30.3 Å². The molecule has 1 unspecified atom stereocenters. The lowest BCUT2D eigenvalue weighted by Crippen LogP contribution is -2.40. The van der Waals surface area contributed by atoms with Crippen molar-refractivity contribution in [3.63, 3.8) is 0 Å². The molecule has 0 spiro atoms. The van der Waals surface area contributed by atoms with E-state index in [1.165, 1.54) is 5.56 Å². The Balaban J connectivity index is 0.00000200. The molecule has 1 aliphatic heterocycles. The SMILES string of the molecule is CC(CN1CCC(c2ccccc2)CC1)C(=O)NO.Cl. The molecule has 20 heavy (non-hydrogen) atoms. The number of hydroxylamine groups is 1. The lowest BCUT2D eigenvalue weighted by molar-refractivity contribution is -0.133. The highest BCUT2D eigenvalue weighted by Crippen LogP contribution is 2.27. The first kappa shape index (κ1) is 17.0. The number of likely N-dealkylation sites (tertiary alicyclic amines) is 1. The van der Waals surface area contributed by atoms with Crippen molar-refractivity contribution < 1.29 is 10.0 Å². The normalized spacial score (nSPS) is 18.1. The second kappa shape index (κ2) is 8.25. The molecule has 1 amide bonds. The maximum absolute atomic E-state index is 11.3. The minimum atomic E-state index is -0.301. The Bertz CT molecular complexity index is 406. The van der Waals surface area contributed by atoms with Crippen molar-refractivity contribution in [2.24, 2.45) is 5.92 Å². The molecule has 112 valence electrons. The Labute approximate surface area is 126 Å². The summed E-state index contributed by atoms with van der Waals surface area (Å²) in [6.45, 7) is 4.59. The highest BCUT2D eigenvalue weighted by Gasteiger charge is 2.23. The van der Waals surface area contributed by atoms with Crippen LogP contribution in [0.1, 0.15) is 31.2 Å². The van der Waals surface area contributed by atoms with Crippen molar-refractivity contribution in [1.29, 1.82) is 0 Å². The maximum atomic E-state index is 11.3. The van der Waals surface area contributed by atoms with Crippen LogP contribution in [0.4, 0.5) is 0 Å². The lowest BCUT2D eigenvalue weighted by atomic mass is 9.89. The van der Waals surface area contributed by atoms with Crippen molar-refractivity contribution in [1.82, 2.24) is 10.4 Å². The molecular weight excluding hydrogens is 276 g/mol. The molecule has 0 bridgehead atoms. The van der Waals surface area contributed by atoms with Crippen molar-refractivity contribution in [3.8, 4) is 0 Å². The van der Waals surface area contributed by atoms with Crippen LogP contribution < -0.4 is 5.48 Å². The van der Waals surface area contributed by atoms with Crippen LogP contribution >= 0.6 is 12.4 Å². The first-order chi connectivity index (χ1) is 9.20. The van der Waals surface area contributed by atoms with Crippen molar-refractivity contribution in [2.75, 3.05) is 19.6 Å². The third-order valence-electron chi connectivity index (χ3n) is 3.95. The summed E-state index contributed by atoms with van der Waals surface area (Å²) >= 11 is 0. The number of amides is 1. The van der Waals surface area contributed by atoms with Gasteiger partial charge in [0.15, 0.2) is 0 Å². The van der Waals surface area contributed by atoms with Gasteiger partial charge in [-0.2, -0.15) is 0 Å². The number of rotatable bonds is 4. The number of carbonyl (C=O) groups excluding carboxylic acids is 1. The van der Waals surface area contributed by atoms with E-state index in [0.29, 0.717) is 12.5 Å². The zero-order chi connectivity index (χ0) is 13.7. The van der Waals surface area contributed by atoms with Crippen LogP contribution in [0.2, 0.25) is 0 Å². The summed E-state index contributed by atoms with van der Waals surface area (Å²) in [5, 5.41) is 8.61. The predicted molar refractivity (Wildman–Crippen MR) is 81.2 cm³/mol. The number of nitrogens with zero attached hydrogens (tertiary/aromatic N) is 1. The van der Waals surface area contributed by atoms with Gasteiger partial charge in [-0.25, -0.2) is 5.48 Å². The third kappa shape index (κ3) is 4.47. The number of halogens is 1. The van der Waals surface area contributed by atoms with E-state index in [9.17, 15) is 4.79 Å². The molecule has 1 fully saturated rings. The molecule has 4 nitrogen and oxygen atoms in total. The lowest BCUT2D eigenvalue weighted by Gasteiger charge is -2.33. The highest BCUT2D eigenvalue weighted by atomic mass is 35.5. The van der Waals surface area contributed by atoms with E-state index in [4.69, 9.17) is 5.21 Å². The number of carbonyl (C=O) groups is 1. The van der Waals surface area contributed by atoms with Gasteiger partial charge in [-0.1, -0.05) is 37.3 Å². The smallest absolute Gasteiger partial charge is 0.247 e. The van der Waals surface area contributed by atoms with Gasteiger partial charge in [0.1, 0.15) is 0 Å². The zero-order valence-electron chi connectivity index (χ0n) is 11.8. The summed E-state index contributed by atoms with van der Waals surface area (Å²) in [5.74, 6) is 0.169. The van der Waals surface area contributed by atoms with Crippen LogP contribution in [0.5, 0.6) is 0 Å². The molecule has 5 heteroatoms. The standard InChI is InChI=1S/C15H22N2O2.ClH/c1-12(15(18)16-19)11-17-9-7-14(8-10-17)13-5-3-2-4-6-13;/h2-6,12,14,19H,7-11H2,1H3,(H,16,18);1H. The minimum Gasteiger partial charge on any atom is -0.303 e. The van der Waals surface area contributed by atoms with Gasteiger partial charge in [0.2, 0.25) is 5.91 Å². The fourth-order valence-electron chi connectivity index (χ4n) is 2.75. The van der Waals surface area contributed by atoms with E-state index in [0.717, 1.165) is 25.9 Å². The molecule has 0 saturated carbocycles. The van der Waals surface area contributed by atoms with E-state index in [1.54, 1.807) is 5.48 Å². The van der Waals surface area contributed by atoms with E-state index in [2.05, 4.69) is 29.2 Å². The fourth-order valence-corrected chi connectivity index (χ4v) is 2.75. The van der Waals surface area contributed by atoms with Crippen LogP contribution in [-0.4, -0.2) is 35.6 Å². The molecular formula is C15H23ClN2O2. The van der Waals surface area contributed by atoms with Gasteiger partial charge in [0.25, 0.3) is 0 Å². The molecule has 2 N–H and O–H groups in total. The van der Waals surface area contributed by atoms with Crippen LogP contribution in [0, 0.1) is 5.92 Å². The van der Waals surface area contributed by atoms with Crippen molar-refractivity contribution in [3.05, 3.63) is 35.9 Å². The summed E-state index contributed by atoms with van der Waals surface area (Å²) in [7, 11) is 0. The Morgan fingerprint density at radius 1 is 1.35 bits per heavy atom. The molecule has 1 heterocycles. The van der Waals surface area contributed by atoms with Gasteiger partial charge < -0.3 is 4.90 Å². The topological polar surface area (TPSA) is 52.6 Å². The molecule has 1 saturated heterocycles. The number of benzene rings is 1. The monoisotopic (exact) mass is 298 g/mol. The van der Waals surface area contributed by atoms with Gasteiger partial charge in [-0.15, -0.1) is 12.4 Å². The summed E-state index contributed by atoms with van der Waals surface area (Å²) in [6, 6.07) is 10.6. The average molecular weight is 299 g/mol. The largest absolute Gasteiger partial charge is 0.303 e. The summed E-state index contributed by atoms with van der Waals surface area (Å²) < 4.78 is 0. The first-order valence-corrected chi connectivity index (χ1v) is 6.92. The van der Waals surface area contributed by atoms with Gasteiger partial charge >= 0.3 is 0 Å². The van der Waals surface area contributed by atoms with Gasteiger partial charge in [0.05, 0.1) is 0 Å². The van der Waals surface area contributed by atoms with Crippen LogP contribution in [0.3, 0.4) is 0 Å². The molecule has 2 rings (SSSR count). The van der Waals surface area contributed by atoms with Crippen molar-refractivity contribution in [2.45, 2.75) is 25.7 Å². The van der Waals surface area contributed by atoms with Crippen molar-refractivity contribution >= 4 is 18.3 Å². The average Bonchev–Trinajstić information content (AvgIpc) is 2.48. The van der Waals surface area contributed by atoms with E-state index < -0.39 is 0 Å². The zero-order valence-corrected chi connectivity index (χ0v) is 12.6. The van der Waals surface area contributed by atoms with E-state index in [-0.39, 0.29) is 24.2 Å². The number of hydrogen-bond acceptors (Lipinski definition) is 3. The molecule has 0 aromatic heterocycles. The molecule has 1 aromatic rings. The highest BCUT2D eigenvalue weighted by molar-refractivity contribution is 5.85. The second-order valence-corrected chi connectivity index (χ2v) is 5.36. The predicted octanol–water partition coefficient (Wildman–Crippen LogP) is 2.43. The first-order valence-electron chi connectivity index (χ1n) is 6.92. The third-order valence-corrected chi connectivity index (χ3v) is 3.95. The van der Waals surface area contributed by atoms with Gasteiger partial charge in [0, 0.05) is 12.5 Å². The quantitative estimate of drug-likeness (QED) is 0.663. The number of piperidine rings is 1. The summed E-state index contributed by atoms with van der Waals surface area (Å²) in [4.78, 5) is 13.6. The Morgan fingerprint density at radius 3 is 2.50 bits per heavy atom. The Kier molecular flexibility index (Phi) is 6.99. The number of nitrogens with one attached hydrogen (secondary N) is 1. The molecule has 0 radical (unpaired) electrons. The minimum absolute atomic E-state index is 0. The van der Waals surface area contributed by atoms with Crippen LogP contribution in [-0.2, 0) is 4.79 Å². The van der Waals surface area contributed by atoms with Gasteiger partial charge in [-0.05, 0) is 37.4 Å². The number of hydrogen-bond donors (Lipinski definition) is 2.